The zero-order chi connectivity index (χ0) is 18.2. The number of hydrogen-bond acceptors (Lipinski definition) is 5. The summed E-state index contributed by atoms with van der Waals surface area (Å²) in [6.45, 7) is 3.90. The smallest absolute Gasteiger partial charge is 0.273 e. The van der Waals surface area contributed by atoms with Crippen LogP contribution in [0.3, 0.4) is 0 Å². The summed E-state index contributed by atoms with van der Waals surface area (Å²) in [5.41, 5.74) is 0.258. The molecule has 0 spiro atoms. The summed E-state index contributed by atoms with van der Waals surface area (Å²) in [7, 11) is -3.77. The molecule has 2 atom stereocenters. The molecule has 8 nitrogen and oxygen atoms in total. The topological polar surface area (TPSA) is 99.3 Å². The number of carbonyl (C=O) groups is 1. The third-order valence-corrected chi connectivity index (χ3v) is 6.25. The summed E-state index contributed by atoms with van der Waals surface area (Å²) in [5, 5.41) is 9.64. The highest BCUT2D eigenvalue weighted by Crippen LogP contribution is 2.25. The second-order valence-electron chi connectivity index (χ2n) is 6.05. The van der Waals surface area contributed by atoms with Crippen molar-refractivity contribution >= 4 is 15.9 Å². The van der Waals surface area contributed by atoms with Gasteiger partial charge >= 0.3 is 0 Å². The van der Waals surface area contributed by atoms with Crippen LogP contribution in [0.25, 0.3) is 0 Å². The molecule has 1 N–H and O–H groups in total. The van der Waals surface area contributed by atoms with E-state index in [1.54, 1.807) is 18.7 Å². The largest absolute Gasteiger partial charge is 0.332 e. The van der Waals surface area contributed by atoms with Gasteiger partial charge in [0, 0.05) is 25.2 Å². The fourth-order valence-corrected chi connectivity index (χ4v) is 4.61. The monoisotopic (exact) mass is 367 g/mol. The highest BCUT2D eigenvalue weighted by Gasteiger charge is 2.39. The van der Waals surface area contributed by atoms with Crippen LogP contribution in [0, 0.1) is 5.82 Å². The van der Waals surface area contributed by atoms with Gasteiger partial charge in [-0.2, -0.15) is 4.31 Å². The number of benzene rings is 1. The molecule has 2 heterocycles. The first-order chi connectivity index (χ1) is 11.8. The van der Waals surface area contributed by atoms with E-state index >= 15 is 0 Å². The Hall–Kier alpha value is -2.33. The molecule has 0 bridgehead atoms. The van der Waals surface area contributed by atoms with Crippen molar-refractivity contribution in [1.82, 2.24) is 24.6 Å². The van der Waals surface area contributed by atoms with Gasteiger partial charge in [-0.05, 0) is 38.1 Å². The average Bonchev–Trinajstić information content (AvgIpc) is 3.11. The molecule has 0 unspecified atom stereocenters. The Kier molecular flexibility index (Phi) is 4.56. The molecule has 1 aliphatic heterocycles. The number of nitrogens with one attached hydrogen (secondary N) is 1. The van der Waals surface area contributed by atoms with Crippen LogP contribution >= 0.6 is 0 Å². The quantitative estimate of drug-likeness (QED) is 0.868. The van der Waals surface area contributed by atoms with Crippen molar-refractivity contribution in [1.29, 1.82) is 0 Å². The number of sulfonamides is 1. The minimum Gasteiger partial charge on any atom is -0.332 e. The lowest BCUT2D eigenvalue weighted by Gasteiger charge is -2.43. The maximum absolute atomic E-state index is 13.1. The summed E-state index contributed by atoms with van der Waals surface area (Å²) in [6, 6.07) is 3.97. The summed E-state index contributed by atoms with van der Waals surface area (Å²) in [4.78, 5) is 14.1. The molecule has 0 radical (unpaired) electrons. The van der Waals surface area contributed by atoms with Crippen molar-refractivity contribution in [2.75, 3.05) is 13.1 Å². The predicted molar refractivity (Wildman–Crippen MR) is 86.6 cm³/mol. The first kappa shape index (κ1) is 17.5. The summed E-state index contributed by atoms with van der Waals surface area (Å²) in [5.74, 6) is -0.771. The lowest BCUT2D eigenvalue weighted by molar-refractivity contribution is 0.0501. The van der Waals surface area contributed by atoms with Crippen molar-refractivity contribution in [3.05, 3.63) is 42.0 Å². The Morgan fingerprint density at radius 1 is 1.20 bits per heavy atom. The summed E-state index contributed by atoms with van der Waals surface area (Å²) in [6.07, 6.45) is 1.33. The van der Waals surface area contributed by atoms with E-state index in [0.29, 0.717) is 0 Å². The molecule has 2 aromatic rings. The van der Waals surface area contributed by atoms with E-state index in [9.17, 15) is 17.6 Å². The number of amides is 1. The molecule has 134 valence electrons. The minimum absolute atomic E-state index is 0.0329. The van der Waals surface area contributed by atoms with Gasteiger partial charge in [0.15, 0.2) is 0 Å². The number of aromatic amines is 1. The normalized spacial score (nSPS) is 22.1. The van der Waals surface area contributed by atoms with Gasteiger partial charge in [0.25, 0.3) is 5.91 Å². The van der Waals surface area contributed by atoms with Crippen LogP contribution < -0.4 is 0 Å². The van der Waals surface area contributed by atoms with Crippen molar-refractivity contribution in [3.63, 3.8) is 0 Å². The first-order valence-corrected chi connectivity index (χ1v) is 9.19. The van der Waals surface area contributed by atoms with Gasteiger partial charge in [0.1, 0.15) is 11.5 Å². The third-order valence-electron chi connectivity index (χ3n) is 4.26. The molecule has 1 aliphatic rings. The van der Waals surface area contributed by atoms with E-state index in [0.717, 1.165) is 12.1 Å². The summed E-state index contributed by atoms with van der Waals surface area (Å²) >= 11 is 0. The Bertz CT molecular complexity index is 854. The minimum atomic E-state index is -3.77. The van der Waals surface area contributed by atoms with E-state index in [-0.39, 0.29) is 35.6 Å². The zero-order valence-corrected chi connectivity index (χ0v) is 14.6. The summed E-state index contributed by atoms with van der Waals surface area (Å²) < 4.78 is 40.1. The van der Waals surface area contributed by atoms with Crippen LogP contribution in [0.1, 0.15) is 24.3 Å². The van der Waals surface area contributed by atoms with Crippen molar-refractivity contribution in [2.24, 2.45) is 0 Å². The maximum Gasteiger partial charge on any atom is 0.273 e. The predicted octanol–water partition coefficient (Wildman–Crippen LogP) is 0.867. The molecule has 1 aromatic heterocycles. The standard InChI is InChI=1S/C15H18FN5O3S/c1-10-9-21(25(23,24)13-5-3-12(16)4-6-13)11(2)8-20(10)15(22)14-7-17-19-18-14/h3-7,10-11H,8-9H2,1-2H3,(H,17,18,19)/t10-,11+/m0/s1. The van der Waals surface area contributed by atoms with Crippen LogP contribution in [0.2, 0.25) is 0 Å². The number of rotatable bonds is 3. The fraction of sp³-hybridized carbons (Fsp3) is 0.400. The fourth-order valence-electron chi connectivity index (χ4n) is 2.91. The average molecular weight is 367 g/mol. The number of nitrogens with zero attached hydrogens (tertiary/aromatic N) is 4. The van der Waals surface area contributed by atoms with Crippen molar-refractivity contribution < 1.29 is 17.6 Å². The third kappa shape index (κ3) is 3.27. The van der Waals surface area contributed by atoms with E-state index in [1.807, 2.05) is 0 Å². The van der Waals surface area contributed by atoms with E-state index in [1.165, 1.54) is 22.6 Å². The number of halogens is 1. The number of carbonyl (C=O) groups excluding carboxylic acids is 1. The van der Waals surface area contributed by atoms with Crippen LogP contribution in [0.5, 0.6) is 0 Å². The van der Waals surface area contributed by atoms with Gasteiger partial charge < -0.3 is 4.90 Å². The lowest BCUT2D eigenvalue weighted by Crippen LogP contribution is -2.59. The molecular weight excluding hydrogens is 349 g/mol. The molecular formula is C15H18FN5O3S. The highest BCUT2D eigenvalue weighted by molar-refractivity contribution is 7.89. The Balaban J connectivity index is 1.82. The second kappa shape index (κ2) is 6.52. The molecule has 3 rings (SSSR count). The van der Waals surface area contributed by atoms with Gasteiger partial charge in [0.05, 0.1) is 11.1 Å². The van der Waals surface area contributed by atoms with Gasteiger partial charge in [-0.1, -0.05) is 5.21 Å². The SMILES string of the molecule is C[C@@H]1CN(C(=O)c2cnn[nH]2)[C@@H](C)CN1S(=O)(=O)c1ccc(F)cc1. The van der Waals surface area contributed by atoms with Gasteiger partial charge in [0.2, 0.25) is 10.0 Å². The molecule has 1 fully saturated rings. The maximum atomic E-state index is 13.1. The van der Waals surface area contributed by atoms with E-state index in [2.05, 4.69) is 15.4 Å². The lowest BCUT2D eigenvalue weighted by atomic mass is 10.1. The van der Waals surface area contributed by atoms with E-state index < -0.39 is 21.9 Å². The van der Waals surface area contributed by atoms with Gasteiger partial charge in [-0.3, -0.25) is 9.89 Å². The second-order valence-corrected chi connectivity index (χ2v) is 7.94. The Morgan fingerprint density at radius 3 is 2.48 bits per heavy atom. The zero-order valence-electron chi connectivity index (χ0n) is 13.8. The molecule has 10 heteroatoms. The number of H-pyrrole nitrogens is 1. The van der Waals surface area contributed by atoms with Crippen LogP contribution in [0.4, 0.5) is 4.39 Å². The van der Waals surface area contributed by atoms with Crippen LogP contribution in [0.15, 0.2) is 35.4 Å². The van der Waals surface area contributed by atoms with Crippen LogP contribution in [-0.2, 0) is 10.0 Å². The molecule has 1 amide bonds. The molecule has 1 aromatic carbocycles. The number of piperazine rings is 1. The Labute approximate surface area is 144 Å². The van der Waals surface area contributed by atoms with Crippen molar-refractivity contribution in [3.8, 4) is 0 Å². The number of aromatic nitrogens is 3. The molecule has 25 heavy (non-hydrogen) atoms. The molecule has 0 aliphatic carbocycles. The Morgan fingerprint density at radius 2 is 1.88 bits per heavy atom. The van der Waals surface area contributed by atoms with Crippen molar-refractivity contribution in [2.45, 2.75) is 30.8 Å². The van der Waals surface area contributed by atoms with Crippen LogP contribution in [-0.4, -0.2) is 64.1 Å². The molecule has 0 saturated carbocycles. The van der Waals surface area contributed by atoms with E-state index in [4.69, 9.17) is 0 Å². The van der Waals surface area contributed by atoms with Gasteiger partial charge in [-0.15, -0.1) is 5.10 Å². The highest BCUT2D eigenvalue weighted by atomic mass is 32.2. The first-order valence-electron chi connectivity index (χ1n) is 7.75. The molecule has 1 saturated heterocycles. The number of hydrogen-bond donors (Lipinski definition) is 1. The van der Waals surface area contributed by atoms with Gasteiger partial charge in [-0.25, -0.2) is 12.8 Å².